The highest BCUT2D eigenvalue weighted by Crippen LogP contribution is 2.46. The fourth-order valence-electron chi connectivity index (χ4n) is 3.15. The van der Waals surface area contributed by atoms with Crippen LogP contribution in [0.3, 0.4) is 0 Å². The lowest BCUT2D eigenvalue weighted by Crippen LogP contribution is -2.49. The first kappa shape index (κ1) is 16.5. The molecule has 0 aromatic rings. The maximum absolute atomic E-state index is 12.4. The number of aliphatic hydroxyl groups is 1. The zero-order valence-electron chi connectivity index (χ0n) is 12.4. The Kier molecular flexibility index (Phi) is 4.55. The number of amides is 1. The maximum Gasteiger partial charge on any atom is 0.332 e. The Morgan fingerprint density at radius 3 is 2.50 bits per heavy atom. The number of carboxylic acid groups (broad SMARTS) is 1. The largest absolute Gasteiger partial charge is 0.481 e. The number of carbonyl (C=O) groups is 3. The number of ether oxygens (including phenoxy) is 1. The first-order valence-corrected chi connectivity index (χ1v) is 7.38. The maximum atomic E-state index is 12.4. The summed E-state index contributed by atoms with van der Waals surface area (Å²) in [4.78, 5) is 35.7. The minimum Gasteiger partial charge on any atom is -0.481 e. The number of hydrogen-bond donors (Lipinski definition) is 3. The second kappa shape index (κ2) is 6.08. The summed E-state index contributed by atoms with van der Waals surface area (Å²) in [6, 6.07) is 0. The summed E-state index contributed by atoms with van der Waals surface area (Å²) >= 11 is 0. The molecular formula is C15H21NO6. The van der Waals surface area contributed by atoms with Crippen LogP contribution in [0.5, 0.6) is 0 Å². The minimum atomic E-state index is -1.13. The molecule has 1 amide bonds. The molecule has 2 saturated carbocycles. The summed E-state index contributed by atoms with van der Waals surface area (Å²) < 4.78 is 4.99. The monoisotopic (exact) mass is 311 g/mol. The predicted molar refractivity (Wildman–Crippen MR) is 75.7 cm³/mol. The van der Waals surface area contributed by atoms with Crippen LogP contribution in [-0.2, 0) is 19.1 Å². The van der Waals surface area contributed by atoms with Crippen molar-refractivity contribution in [2.75, 3.05) is 6.61 Å². The molecule has 0 unspecified atom stereocenters. The standard InChI is InChI=1S/C15H21NO6/c1-3-8-7-15(8,14(21)22-4-2)16-12(18)10-5-9(17)6-11(10)13(19)20/h3,8-11,17H,1,4-7H2,2H3,(H,16,18)(H,19,20)/t8-,9-,10-,11-,15-/m1/s1. The molecule has 3 N–H and O–H groups in total. The van der Waals surface area contributed by atoms with E-state index in [4.69, 9.17) is 9.84 Å². The third kappa shape index (κ3) is 2.85. The molecule has 2 fully saturated rings. The van der Waals surface area contributed by atoms with Crippen molar-refractivity contribution in [2.24, 2.45) is 17.8 Å². The Balaban J connectivity index is 2.11. The van der Waals surface area contributed by atoms with E-state index in [0.29, 0.717) is 6.42 Å². The fourth-order valence-corrected chi connectivity index (χ4v) is 3.15. The molecule has 0 bridgehead atoms. The van der Waals surface area contributed by atoms with E-state index in [1.165, 1.54) is 0 Å². The van der Waals surface area contributed by atoms with E-state index in [0.717, 1.165) is 0 Å². The molecule has 0 heterocycles. The number of carbonyl (C=O) groups excluding carboxylic acids is 2. The van der Waals surface area contributed by atoms with Gasteiger partial charge < -0.3 is 20.3 Å². The molecule has 0 radical (unpaired) electrons. The molecule has 22 heavy (non-hydrogen) atoms. The second-order valence-corrected chi connectivity index (χ2v) is 5.90. The zero-order valence-corrected chi connectivity index (χ0v) is 12.4. The molecule has 2 rings (SSSR count). The highest BCUT2D eigenvalue weighted by molar-refractivity contribution is 5.94. The van der Waals surface area contributed by atoms with Gasteiger partial charge >= 0.3 is 11.9 Å². The summed E-state index contributed by atoms with van der Waals surface area (Å²) in [6.45, 7) is 5.50. The van der Waals surface area contributed by atoms with Gasteiger partial charge in [0.15, 0.2) is 0 Å². The van der Waals surface area contributed by atoms with Gasteiger partial charge in [0, 0.05) is 5.92 Å². The van der Waals surface area contributed by atoms with E-state index in [9.17, 15) is 19.5 Å². The van der Waals surface area contributed by atoms with Gasteiger partial charge in [-0.05, 0) is 26.2 Å². The number of esters is 1. The number of nitrogens with one attached hydrogen (secondary N) is 1. The summed E-state index contributed by atoms with van der Waals surface area (Å²) in [5.41, 5.74) is -1.13. The van der Waals surface area contributed by atoms with Gasteiger partial charge in [-0.25, -0.2) is 4.79 Å². The van der Waals surface area contributed by atoms with Crippen molar-refractivity contribution >= 4 is 17.8 Å². The number of rotatable bonds is 6. The molecule has 7 heteroatoms. The van der Waals surface area contributed by atoms with E-state index in [-0.39, 0.29) is 25.4 Å². The smallest absolute Gasteiger partial charge is 0.332 e. The number of carboxylic acids is 1. The average Bonchev–Trinajstić information content (AvgIpc) is 3.02. The third-order valence-corrected chi connectivity index (χ3v) is 4.48. The molecule has 0 spiro atoms. The van der Waals surface area contributed by atoms with Gasteiger partial charge in [-0.2, -0.15) is 0 Å². The van der Waals surface area contributed by atoms with Gasteiger partial charge in [-0.3, -0.25) is 9.59 Å². The van der Waals surface area contributed by atoms with E-state index in [1.54, 1.807) is 13.0 Å². The van der Waals surface area contributed by atoms with Crippen LogP contribution in [0, 0.1) is 17.8 Å². The quantitative estimate of drug-likeness (QED) is 0.473. The van der Waals surface area contributed by atoms with Crippen LogP contribution >= 0.6 is 0 Å². The number of aliphatic carboxylic acids is 1. The van der Waals surface area contributed by atoms with Crippen molar-refractivity contribution < 1.29 is 29.3 Å². The normalized spacial score (nSPS) is 36.5. The van der Waals surface area contributed by atoms with Crippen LogP contribution in [0.4, 0.5) is 0 Å². The number of aliphatic hydroxyl groups excluding tert-OH is 1. The van der Waals surface area contributed by atoms with Crippen LogP contribution in [0.15, 0.2) is 12.7 Å². The van der Waals surface area contributed by atoms with Gasteiger partial charge in [0.25, 0.3) is 0 Å². The lowest BCUT2D eigenvalue weighted by Gasteiger charge is -2.21. The van der Waals surface area contributed by atoms with E-state index < -0.39 is 41.3 Å². The Morgan fingerprint density at radius 2 is 2.00 bits per heavy atom. The molecule has 2 aliphatic rings. The van der Waals surface area contributed by atoms with Gasteiger partial charge in [0.1, 0.15) is 5.54 Å². The lowest BCUT2D eigenvalue weighted by molar-refractivity contribution is -0.150. The third-order valence-electron chi connectivity index (χ3n) is 4.48. The molecule has 0 aliphatic heterocycles. The van der Waals surface area contributed by atoms with Gasteiger partial charge in [-0.15, -0.1) is 6.58 Å². The summed E-state index contributed by atoms with van der Waals surface area (Å²) in [6.07, 6.45) is 1.29. The van der Waals surface area contributed by atoms with Crippen LogP contribution in [0.2, 0.25) is 0 Å². The number of hydrogen-bond acceptors (Lipinski definition) is 5. The predicted octanol–water partition coefficient (Wildman–Crippen LogP) is 0.0821. The van der Waals surface area contributed by atoms with E-state index in [1.807, 2.05) is 0 Å². The molecule has 5 atom stereocenters. The van der Waals surface area contributed by atoms with Crippen LogP contribution in [-0.4, -0.2) is 46.3 Å². The Hall–Kier alpha value is -1.89. The highest BCUT2D eigenvalue weighted by atomic mass is 16.5. The van der Waals surface area contributed by atoms with Gasteiger partial charge in [-0.1, -0.05) is 6.08 Å². The van der Waals surface area contributed by atoms with Crippen LogP contribution in [0.25, 0.3) is 0 Å². The summed E-state index contributed by atoms with van der Waals surface area (Å²) in [5, 5.41) is 21.4. The van der Waals surface area contributed by atoms with Crippen molar-refractivity contribution in [2.45, 2.75) is 37.8 Å². The van der Waals surface area contributed by atoms with Crippen molar-refractivity contribution in [3.8, 4) is 0 Å². The first-order valence-electron chi connectivity index (χ1n) is 7.38. The first-order chi connectivity index (χ1) is 10.4. The summed E-state index contributed by atoms with van der Waals surface area (Å²) in [5.74, 6) is -4.16. The Labute approximate surface area is 128 Å². The van der Waals surface area contributed by atoms with Crippen LogP contribution in [0.1, 0.15) is 26.2 Å². The average molecular weight is 311 g/mol. The molecule has 2 aliphatic carbocycles. The van der Waals surface area contributed by atoms with Crippen molar-refractivity contribution in [3.05, 3.63) is 12.7 Å². The SMILES string of the molecule is C=C[C@@H]1C[C@]1(NC(=O)[C@@H]1C[C@@H](O)C[C@H]1C(=O)O)C(=O)OCC. The van der Waals surface area contributed by atoms with Crippen molar-refractivity contribution in [1.29, 1.82) is 0 Å². The molecule has 122 valence electrons. The lowest BCUT2D eigenvalue weighted by atomic mass is 9.94. The van der Waals surface area contributed by atoms with Gasteiger partial charge in [0.2, 0.25) is 5.91 Å². The molecular weight excluding hydrogens is 290 g/mol. The Bertz CT molecular complexity index is 504. The molecule has 0 aromatic heterocycles. The van der Waals surface area contributed by atoms with E-state index >= 15 is 0 Å². The fraction of sp³-hybridized carbons (Fsp3) is 0.667. The minimum absolute atomic E-state index is 0.0463. The summed E-state index contributed by atoms with van der Waals surface area (Å²) in [7, 11) is 0. The molecule has 0 saturated heterocycles. The Morgan fingerprint density at radius 1 is 1.36 bits per heavy atom. The van der Waals surface area contributed by atoms with Crippen molar-refractivity contribution in [1.82, 2.24) is 5.32 Å². The molecule has 0 aromatic carbocycles. The van der Waals surface area contributed by atoms with Gasteiger partial charge in [0.05, 0.1) is 24.5 Å². The van der Waals surface area contributed by atoms with E-state index in [2.05, 4.69) is 11.9 Å². The molecule has 7 nitrogen and oxygen atoms in total. The van der Waals surface area contributed by atoms with Crippen molar-refractivity contribution in [3.63, 3.8) is 0 Å². The zero-order chi connectivity index (χ0) is 16.5. The second-order valence-electron chi connectivity index (χ2n) is 5.90. The van der Waals surface area contributed by atoms with Crippen LogP contribution < -0.4 is 5.32 Å². The highest BCUT2D eigenvalue weighted by Gasteiger charge is 2.62. The topological polar surface area (TPSA) is 113 Å².